The molecule has 1 unspecified atom stereocenters. The van der Waals surface area contributed by atoms with Crippen LogP contribution in [0.4, 0.5) is 11.5 Å². The number of hydrogen-bond donors (Lipinski definition) is 4. The fourth-order valence-electron chi connectivity index (χ4n) is 3.75. The maximum Gasteiger partial charge on any atom is 0.250 e. The summed E-state index contributed by atoms with van der Waals surface area (Å²) >= 11 is 0. The second-order valence-electron chi connectivity index (χ2n) is 7.15. The van der Waals surface area contributed by atoms with Crippen molar-refractivity contribution in [3.8, 4) is 5.88 Å². The van der Waals surface area contributed by atoms with E-state index in [4.69, 9.17) is 10.5 Å². The predicted octanol–water partition coefficient (Wildman–Crippen LogP) is 0.598. The van der Waals surface area contributed by atoms with Gasteiger partial charge in [-0.1, -0.05) is 6.07 Å². The predicted molar refractivity (Wildman–Crippen MR) is 109 cm³/mol. The zero-order valence-electron chi connectivity index (χ0n) is 16.1. The summed E-state index contributed by atoms with van der Waals surface area (Å²) in [6.45, 7) is 2.15. The van der Waals surface area contributed by atoms with Crippen LogP contribution in [0, 0.1) is 0 Å². The molecule has 29 heavy (non-hydrogen) atoms. The first-order chi connectivity index (χ1) is 14.1. The second kappa shape index (κ2) is 8.06. The number of hydrogen-bond acceptors (Lipinski definition) is 7. The SMILES string of the molecule is COc1nc(N2CCC(Nc3cccc(C(N)=O)c3)C2=O)ccc1C1CNNC1. The topological polar surface area (TPSA) is 122 Å². The molecule has 0 radical (unpaired) electrons. The van der Waals surface area contributed by atoms with Crippen LogP contribution in [0.1, 0.15) is 28.3 Å². The van der Waals surface area contributed by atoms with Gasteiger partial charge in [0.25, 0.3) is 5.91 Å². The van der Waals surface area contributed by atoms with Crippen LogP contribution in [0.25, 0.3) is 0 Å². The summed E-state index contributed by atoms with van der Waals surface area (Å²) in [4.78, 5) is 30.6. The highest BCUT2D eigenvalue weighted by Crippen LogP contribution is 2.30. The second-order valence-corrected chi connectivity index (χ2v) is 7.15. The first-order valence-electron chi connectivity index (χ1n) is 9.55. The number of methoxy groups -OCH3 is 1. The van der Waals surface area contributed by atoms with E-state index in [1.54, 1.807) is 30.2 Å². The number of amides is 2. The fraction of sp³-hybridized carbons (Fsp3) is 0.350. The lowest BCUT2D eigenvalue weighted by Gasteiger charge is -2.19. The standard InChI is InChI=1S/C20H24N6O3/c1-29-19-15(13-10-22-23-11-13)5-6-17(25-19)26-8-7-16(20(26)28)24-14-4-2-3-12(9-14)18(21)27/h2-6,9,13,16,22-24H,7-8,10-11H2,1H3,(H2,21,27). The van der Waals surface area contributed by atoms with Crippen molar-refractivity contribution in [1.29, 1.82) is 0 Å². The number of nitrogens with one attached hydrogen (secondary N) is 3. The Bertz CT molecular complexity index is 928. The van der Waals surface area contributed by atoms with Crippen molar-refractivity contribution in [3.63, 3.8) is 0 Å². The molecule has 152 valence electrons. The van der Waals surface area contributed by atoms with Crippen molar-refractivity contribution in [2.45, 2.75) is 18.4 Å². The summed E-state index contributed by atoms with van der Waals surface area (Å²) in [5, 5.41) is 3.20. The Labute approximate surface area is 168 Å². The summed E-state index contributed by atoms with van der Waals surface area (Å²) in [5.41, 5.74) is 13.6. The summed E-state index contributed by atoms with van der Waals surface area (Å²) in [5.74, 6) is 0.812. The van der Waals surface area contributed by atoms with E-state index in [2.05, 4.69) is 21.2 Å². The largest absolute Gasteiger partial charge is 0.481 e. The third-order valence-corrected chi connectivity index (χ3v) is 5.30. The Kier molecular flexibility index (Phi) is 5.32. The molecule has 3 heterocycles. The molecule has 2 saturated heterocycles. The average Bonchev–Trinajstić information content (AvgIpc) is 3.38. The number of primary amides is 1. The van der Waals surface area contributed by atoms with Gasteiger partial charge in [0.15, 0.2) is 0 Å². The van der Waals surface area contributed by atoms with Gasteiger partial charge in [-0.15, -0.1) is 0 Å². The molecule has 0 bridgehead atoms. The average molecular weight is 396 g/mol. The highest BCUT2D eigenvalue weighted by Gasteiger charge is 2.34. The highest BCUT2D eigenvalue weighted by atomic mass is 16.5. The van der Waals surface area contributed by atoms with Crippen LogP contribution in [0.15, 0.2) is 36.4 Å². The highest BCUT2D eigenvalue weighted by molar-refractivity contribution is 6.00. The number of aromatic nitrogens is 1. The zero-order chi connectivity index (χ0) is 20.4. The molecule has 2 fully saturated rings. The minimum Gasteiger partial charge on any atom is -0.481 e. The van der Waals surface area contributed by atoms with Crippen LogP contribution < -0.4 is 31.5 Å². The van der Waals surface area contributed by atoms with Gasteiger partial charge in [0.1, 0.15) is 11.9 Å². The lowest BCUT2D eigenvalue weighted by atomic mass is 10.0. The Hall–Kier alpha value is -3.17. The molecule has 4 rings (SSSR count). The van der Waals surface area contributed by atoms with Crippen LogP contribution in [0.2, 0.25) is 0 Å². The Balaban J connectivity index is 1.50. The van der Waals surface area contributed by atoms with Crippen molar-refractivity contribution in [1.82, 2.24) is 15.8 Å². The van der Waals surface area contributed by atoms with Gasteiger partial charge in [-0.05, 0) is 36.8 Å². The molecule has 2 aliphatic rings. The van der Waals surface area contributed by atoms with Crippen molar-refractivity contribution < 1.29 is 14.3 Å². The number of anilines is 2. The van der Waals surface area contributed by atoms with E-state index < -0.39 is 11.9 Å². The molecule has 0 aliphatic carbocycles. The molecule has 1 aromatic heterocycles. The molecule has 0 spiro atoms. The molecule has 2 aromatic rings. The van der Waals surface area contributed by atoms with Crippen LogP contribution in [0.5, 0.6) is 5.88 Å². The van der Waals surface area contributed by atoms with E-state index in [0.29, 0.717) is 35.9 Å². The van der Waals surface area contributed by atoms with E-state index in [1.807, 2.05) is 18.2 Å². The molecule has 2 aliphatic heterocycles. The Morgan fingerprint density at radius 2 is 2.07 bits per heavy atom. The molecule has 9 heteroatoms. The number of hydrazine groups is 1. The quantitative estimate of drug-likeness (QED) is 0.564. The molecule has 1 atom stereocenters. The normalized spacial score (nSPS) is 19.6. The number of nitrogens with zero attached hydrogens (tertiary/aromatic N) is 2. The monoisotopic (exact) mass is 396 g/mol. The van der Waals surface area contributed by atoms with Crippen molar-refractivity contribution >= 4 is 23.3 Å². The lowest BCUT2D eigenvalue weighted by Crippen LogP contribution is -2.34. The van der Waals surface area contributed by atoms with Crippen molar-refractivity contribution in [2.24, 2.45) is 5.73 Å². The number of nitrogens with two attached hydrogens (primary N) is 1. The molecule has 1 aromatic carbocycles. The van der Waals surface area contributed by atoms with E-state index >= 15 is 0 Å². The van der Waals surface area contributed by atoms with Crippen LogP contribution in [0.3, 0.4) is 0 Å². The van der Waals surface area contributed by atoms with Crippen LogP contribution in [-0.4, -0.2) is 49.6 Å². The van der Waals surface area contributed by atoms with Gasteiger partial charge < -0.3 is 15.8 Å². The number of carbonyl (C=O) groups is 2. The zero-order valence-corrected chi connectivity index (χ0v) is 16.1. The minimum absolute atomic E-state index is 0.0685. The smallest absolute Gasteiger partial charge is 0.250 e. The van der Waals surface area contributed by atoms with E-state index in [9.17, 15) is 9.59 Å². The Morgan fingerprint density at radius 1 is 1.28 bits per heavy atom. The van der Waals surface area contributed by atoms with Gasteiger partial charge in [-0.3, -0.25) is 25.3 Å². The van der Waals surface area contributed by atoms with Crippen molar-refractivity contribution in [2.75, 3.05) is 37.0 Å². The van der Waals surface area contributed by atoms with Gasteiger partial charge in [0.2, 0.25) is 11.8 Å². The maximum absolute atomic E-state index is 12.9. The van der Waals surface area contributed by atoms with Gasteiger partial charge in [-0.25, -0.2) is 0 Å². The number of rotatable bonds is 6. The first-order valence-corrected chi connectivity index (χ1v) is 9.55. The Morgan fingerprint density at radius 3 is 2.79 bits per heavy atom. The molecule has 0 saturated carbocycles. The van der Waals surface area contributed by atoms with Crippen LogP contribution in [-0.2, 0) is 4.79 Å². The summed E-state index contributed by atoms with van der Waals surface area (Å²) < 4.78 is 5.49. The number of pyridine rings is 1. The minimum atomic E-state index is -0.503. The fourth-order valence-corrected chi connectivity index (χ4v) is 3.75. The van der Waals surface area contributed by atoms with Gasteiger partial charge >= 0.3 is 0 Å². The summed E-state index contributed by atoms with van der Waals surface area (Å²) in [6.07, 6.45) is 0.627. The first kappa shape index (κ1) is 19.2. The maximum atomic E-state index is 12.9. The van der Waals surface area contributed by atoms with Gasteiger partial charge in [0, 0.05) is 42.4 Å². The molecule has 5 N–H and O–H groups in total. The van der Waals surface area contributed by atoms with Crippen molar-refractivity contribution in [3.05, 3.63) is 47.5 Å². The van der Waals surface area contributed by atoms with Crippen LogP contribution >= 0.6 is 0 Å². The number of carbonyl (C=O) groups excluding carboxylic acids is 2. The number of benzene rings is 1. The third kappa shape index (κ3) is 3.87. The van der Waals surface area contributed by atoms with E-state index in [0.717, 1.165) is 18.7 Å². The summed E-state index contributed by atoms with van der Waals surface area (Å²) in [7, 11) is 1.59. The molecule has 9 nitrogen and oxygen atoms in total. The van der Waals surface area contributed by atoms with Gasteiger partial charge in [-0.2, -0.15) is 4.98 Å². The van der Waals surface area contributed by atoms with E-state index in [1.165, 1.54) is 0 Å². The third-order valence-electron chi connectivity index (χ3n) is 5.30. The molecular weight excluding hydrogens is 372 g/mol. The lowest BCUT2D eigenvalue weighted by molar-refractivity contribution is -0.117. The molecule has 2 amide bonds. The van der Waals surface area contributed by atoms with Gasteiger partial charge in [0.05, 0.1) is 7.11 Å². The molecular formula is C20H24N6O3. The summed E-state index contributed by atoms with van der Waals surface area (Å²) in [6, 6.07) is 10.3. The number of ether oxygens (including phenoxy) is 1. The van der Waals surface area contributed by atoms with E-state index in [-0.39, 0.29) is 11.8 Å².